The molecule has 2 atom stereocenters. The van der Waals surface area contributed by atoms with Gasteiger partial charge in [-0.15, -0.1) is 0 Å². The van der Waals surface area contributed by atoms with Crippen LogP contribution >= 0.6 is 0 Å². The molecule has 0 radical (unpaired) electrons. The molecule has 0 unspecified atom stereocenters. The van der Waals surface area contributed by atoms with Crippen molar-refractivity contribution in [3.05, 3.63) is 65.7 Å². The van der Waals surface area contributed by atoms with E-state index in [0.717, 1.165) is 0 Å². The van der Waals surface area contributed by atoms with Crippen LogP contribution in [0.5, 0.6) is 0 Å². The fourth-order valence-electron chi connectivity index (χ4n) is 2.23. The van der Waals surface area contributed by atoms with Gasteiger partial charge in [-0.3, -0.25) is 4.18 Å². The van der Waals surface area contributed by atoms with Gasteiger partial charge in [0.2, 0.25) is 0 Å². The fraction of sp³-hybridized carbons (Fsp3) is 0.294. The van der Waals surface area contributed by atoms with Crippen molar-refractivity contribution in [2.24, 2.45) is 4.36 Å². The second-order valence-corrected chi connectivity index (χ2v) is 7.25. The second-order valence-electron chi connectivity index (χ2n) is 5.94. The highest BCUT2D eigenvalue weighted by atomic mass is 32.2. The normalized spacial score (nSPS) is 21.9. The van der Waals surface area contributed by atoms with Crippen LogP contribution in [0.2, 0.25) is 0 Å². The van der Waals surface area contributed by atoms with Crippen molar-refractivity contribution in [3.8, 4) is 0 Å². The van der Waals surface area contributed by atoms with Crippen LogP contribution in [0.15, 0.2) is 63.9 Å². The van der Waals surface area contributed by atoms with E-state index < -0.39 is 11.0 Å². The zero-order valence-corrected chi connectivity index (χ0v) is 12.9. The van der Waals surface area contributed by atoms with Gasteiger partial charge >= 0.3 is 0 Å². The van der Waals surface area contributed by atoms with Crippen LogP contribution in [0, 0.1) is 0 Å². The van der Waals surface area contributed by atoms with E-state index in [9.17, 15) is 0 Å². The van der Waals surface area contributed by atoms with Gasteiger partial charge in [0.1, 0.15) is 6.10 Å². The van der Waals surface area contributed by atoms with Crippen LogP contribution < -0.4 is 0 Å². The molecule has 2 nitrogen and oxygen atoms in total. The average molecular weight is 285 g/mol. The van der Waals surface area contributed by atoms with Crippen molar-refractivity contribution in [2.45, 2.75) is 37.3 Å². The number of rotatable bonds is 1. The first-order valence-electron chi connectivity index (χ1n) is 6.83. The summed E-state index contributed by atoms with van der Waals surface area (Å²) in [5.74, 6) is 0. The zero-order chi connectivity index (χ0) is 14.2. The topological polar surface area (TPSA) is 21.6 Å². The van der Waals surface area contributed by atoms with Crippen molar-refractivity contribution >= 4 is 11.0 Å². The summed E-state index contributed by atoms with van der Waals surface area (Å²) in [6.45, 7) is 6.34. The molecule has 0 amide bonds. The van der Waals surface area contributed by atoms with E-state index in [2.05, 4.69) is 69.3 Å². The first kappa shape index (κ1) is 13.5. The Bertz CT molecular complexity index is 644. The summed E-state index contributed by atoms with van der Waals surface area (Å²) in [4.78, 5) is 1.22. The molecule has 3 heteroatoms. The maximum absolute atomic E-state index is 6.26. The Morgan fingerprint density at radius 2 is 1.60 bits per heavy atom. The molecule has 0 saturated heterocycles. The van der Waals surface area contributed by atoms with E-state index >= 15 is 0 Å². The Morgan fingerprint density at radius 3 is 2.30 bits per heavy atom. The molecule has 2 aromatic carbocycles. The predicted octanol–water partition coefficient (Wildman–Crippen LogP) is 4.68. The van der Waals surface area contributed by atoms with Gasteiger partial charge in [0.05, 0.1) is 21.4 Å². The second kappa shape index (κ2) is 5.15. The summed E-state index contributed by atoms with van der Waals surface area (Å²) in [5.41, 5.74) is 2.34. The van der Waals surface area contributed by atoms with Gasteiger partial charge in [0.15, 0.2) is 0 Å². The average Bonchev–Trinajstić information content (AvgIpc) is 2.77. The van der Waals surface area contributed by atoms with Crippen molar-refractivity contribution in [1.82, 2.24) is 0 Å². The summed E-state index contributed by atoms with van der Waals surface area (Å²) >= 11 is 0. The summed E-state index contributed by atoms with van der Waals surface area (Å²) in [7, 11) is -0.477. The minimum Gasteiger partial charge on any atom is -0.289 e. The van der Waals surface area contributed by atoms with Crippen LogP contribution in [-0.2, 0) is 15.2 Å². The quantitative estimate of drug-likeness (QED) is 0.745. The molecule has 0 aliphatic carbocycles. The predicted molar refractivity (Wildman–Crippen MR) is 83.6 cm³/mol. The van der Waals surface area contributed by atoms with Gasteiger partial charge in [-0.25, -0.2) is 4.36 Å². The van der Waals surface area contributed by atoms with Gasteiger partial charge in [0.25, 0.3) is 0 Å². The van der Waals surface area contributed by atoms with Gasteiger partial charge in [-0.2, -0.15) is 0 Å². The number of fused-ring (bicyclic) bond motifs is 1. The largest absolute Gasteiger partial charge is 0.289 e. The van der Waals surface area contributed by atoms with Crippen LogP contribution in [0.4, 0.5) is 0 Å². The van der Waals surface area contributed by atoms with Crippen LogP contribution in [-0.4, -0.2) is 5.54 Å². The van der Waals surface area contributed by atoms with Gasteiger partial charge < -0.3 is 0 Å². The van der Waals surface area contributed by atoms with E-state index in [-0.39, 0.29) is 11.6 Å². The third-order valence-corrected chi connectivity index (χ3v) is 4.87. The van der Waals surface area contributed by atoms with Crippen molar-refractivity contribution in [3.63, 3.8) is 0 Å². The molecule has 104 valence electrons. The molecule has 0 aromatic heterocycles. The lowest BCUT2D eigenvalue weighted by Gasteiger charge is -2.14. The standard InChI is InChI=1S/C17H19NOS/c1-17(2,3)18-20-15-12-8-7-11-14(15)16(19-20)13-9-5-4-6-10-13/h4-12,16H,1-3H3/t16-,20+/m0/s1. The molecule has 0 fully saturated rings. The molecule has 1 aliphatic heterocycles. The van der Waals surface area contributed by atoms with Crippen molar-refractivity contribution in [2.75, 3.05) is 0 Å². The Morgan fingerprint density at radius 1 is 0.950 bits per heavy atom. The highest BCUT2D eigenvalue weighted by Gasteiger charge is 2.30. The highest BCUT2D eigenvalue weighted by Crippen LogP contribution is 2.40. The van der Waals surface area contributed by atoms with E-state index in [1.165, 1.54) is 16.0 Å². The fourth-order valence-corrected chi connectivity index (χ4v) is 3.94. The number of hydrogen-bond acceptors (Lipinski definition) is 2. The van der Waals surface area contributed by atoms with Crippen molar-refractivity contribution < 1.29 is 4.18 Å². The number of benzene rings is 2. The van der Waals surface area contributed by atoms with Crippen LogP contribution in [0.3, 0.4) is 0 Å². The summed E-state index contributed by atoms with van der Waals surface area (Å²) < 4.78 is 11.1. The van der Waals surface area contributed by atoms with Gasteiger partial charge in [-0.1, -0.05) is 48.5 Å². The molecule has 0 bridgehead atoms. The Labute approximate surface area is 123 Å². The third-order valence-electron chi connectivity index (χ3n) is 3.04. The van der Waals surface area contributed by atoms with E-state index in [4.69, 9.17) is 8.55 Å². The molecule has 0 saturated carbocycles. The third kappa shape index (κ3) is 2.69. The molecule has 0 spiro atoms. The van der Waals surface area contributed by atoms with Crippen LogP contribution in [0.1, 0.15) is 38.0 Å². The lowest BCUT2D eigenvalue weighted by molar-refractivity contribution is 0.301. The highest BCUT2D eigenvalue weighted by molar-refractivity contribution is 7.83. The maximum atomic E-state index is 6.26. The number of hydrogen-bond donors (Lipinski definition) is 0. The lowest BCUT2D eigenvalue weighted by Crippen LogP contribution is -2.11. The first-order chi connectivity index (χ1) is 9.54. The lowest BCUT2D eigenvalue weighted by atomic mass is 10.0. The zero-order valence-electron chi connectivity index (χ0n) is 12.0. The number of nitrogens with zero attached hydrogens (tertiary/aromatic N) is 1. The maximum Gasteiger partial charge on any atom is 0.125 e. The Hall–Kier alpha value is -1.45. The van der Waals surface area contributed by atoms with E-state index in [1.807, 2.05) is 6.07 Å². The monoisotopic (exact) mass is 285 g/mol. The SMILES string of the molecule is CC(C)(C)N=[S@@]1O[C@@H](c2ccccc2)c2ccccc21. The minimum atomic E-state index is -0.477. The molecule has 1 heterocycles. The molecular formula is C17H19NOS. The molecule has 20 heavy (non-hydrogen) atoms. The van der Waals surface area contributed by atoms with Crippen molar-refractivity contribution in [1.29, 1.82) is 0 Å². The minimum absolute atomic E-state index is 0.00170. The summed E-state index contributed by atoms with van der Waals surface area (Å²) in [5, 5.41) is 0. The Balaban J connectivity index is 2.08. The Kier molecular flexibility index (Phi) is 3.48. The molecular weight excluding hydrogens is 266 g/mol. The summed E-state index contributed by atoms with van der Waals surface area (Å²) in [6.07, 6.45) is 0.00170. The van der Waals surface area contributed by atoms with Gasteiger partial charge in [-0.05, 0) is 32.4 Å². The molecule has 1 aliphatic rings. The smallest absolute Gasteiger partial charge is 0.125 e. The van der Waals surface area contributed by atoms with E-state index in [1.54, 1.807) is 0 Å². The molecule has 3 rings (SSSR count). The van der Waals surface area contributed by atoms with Gasteiger partial charge in [0, 0.05) is 5.56 Å². The first-order valence-corrected chi connectivity index (χ1v) is 7.93. The van der Waals surface area contributed by atoms with Crippen LogP contribution in [0.25, 0.3) is 0 Å². The van der Waals surface area contributed by atoms with E-state index in [0.29, 0.717) is 0 Å². The summed E-state index contributed by atoms with van der Waals surface area (Å²) in [6, 6.07) is 18.8. The molecule has 2 aromatic rings. The molecule has 0 N–H and O–H groups in total.